The topological polar surface area (TPSA) is 93.7 Å². The number of nitrogens with one attached hydrogen (secondary N) is 2. The van der Waals surface area contributed by atoms with Crippen molar-refractivity contribution in [2.45, 2.75) is 16.2 Å². The average molecular weight is 489 g/mol. The lowest BCUT2D eigenvalue weighted by Gasteiger charge is -2.19. The van der Waals surface area contributed by atoms with Crippen LogP contribution < -0.4 is 19.5 Å². The Labute approximate surface area is 195 Å². The maximum absolute atomic E-state index is 12.9. The quantitative estimate of drug-likeness (QED) is 0.453. The van der Waals surface area contributed by atoms with E-state index >= 15 is 0 Å². The second kappa shape index (κ2) is 10.1. The number of rotatable bonds is 8. The first-order chi connectivity index (χ1) is 15.9. The predicted octanol–water partition coefficient (Wildman–Crippen LogP) is 4.52. The maximum Gasteiger partial charge on any atom is 0.262 e. The van der Waals surface area contributed by atoms with Crippen molar-refractivity contribution in [3.05, 3.63) is 72.5 Å². The molecule has 4 rings (SSSR count). The zero-order valence-corrected chi connectivity index (χ0v) is 19.0. The number of sulfonamides is 1. The number of hydrogen-bond donors (Lipinski definition) is 2. The Kier molecular flexibility index (Phi) is 7.05. The fourth-order valence-electron chi connectivity index (χ4n) is 3.04. The molecule has 0 saturated heterocycles. The van der Waals surface area contributed by atoms with Crippen molar-refractivity contribution in [3.63, 3.8) is 0 Å². The van der Waals surface area contributed by atoms with Crippen molar-refractivity contribution in [1.82, 2.24) is 0 Å². The van der Waals surface area contributed by atoms with Gasteiger partial charge in [-0.15, -0.1) is 11.8 Å². The van der Waals surface area contributed by atoms with Crippen LogP contribution in [0.2, 0.25) is 0 Å². The lowest BCUT2D eigenvalue weighted by atomic mass is 10.3. The van der Waals surface area contributed by atoms with E-state index in [1.165, 1.54) is 36.0 Å². The van der Waals surface area contributed by atoms with Gasteiger partial charge >= 0.3 is 0 Å². The Balaban J connectivity index is 1.30. The molecule has 0 spiro atoms. The number of halogens is 1. The normalized spacial score (nSPS) is 12.8. The molecular formula is C23H21FN2O5S2. The molecule has 1 aliphatic rings. The van der Waals surface area contributed by atoms with Gasteiger partial charge in [-0.1, -0.05) is 0 Å². The fourth-order valence-corrected chi connectivity index (χ4v) is 4.97. The van der Waals surface area contributed by atoms with Crippen LogP contribution in [0.5, 0.6) is 11.5 Å². The molecule has 0 unspecified atom stereocenters. The molecule has 3 aromatic carbocycles. The highest BCUT2D eigenvalue weighted by molar-refractivity contribution is 7.99. The molecule has 0 aromatic heterocycles. The Morgan fingerprint density at radius 1 is 0.909 bits per heavy atom. The summed E-state index contributed by atoms with van der Waals surface area (Å²) in [7, 11) is -3.82. The van der Waals surface area contributed by atoms with Gasteiger partial charge in [-0.05, 0) is 60.7 Å². The third-order valence-corrected chi connectivity index (χ3v) is 7.05. The standard InChI is InChI=1S/C23H21FN2O5S2/c24-16-1-7-19(8-2-16)32-14-11-23(27)25-17-3-5-18(6-4-17)26-33(28,29)20-9-10-21-22(15-20)31-13-12-30-21/h1-10,15,26H,11-14H2,(H,25,27). The Hall–Kier alpha value is -3.24. The van der Waals surface area contributed by atoms with Crippen molar-refractivity contribution < 1.29 is 27.1 Å². The smallest absolute Gasteiger partial charge is 0.262 e. The summed E-state index contributed by atoms with van der Waals surface area (Å²) >= 11 is 1.46. The number of anilines is 2. The van der Waals surface area contributed by atoms with Gasteiger partial charge in [-0.3, -0.25) is 9.52 Å². The second-order valence-corrected chi connectivity index (χ2v) is 9.94. The van der Waals surface area contributed by atoms with Crippen molar-refractivity contribution in [2.75, 3.05) is 29.0 Å². The number of thioether (sulfide) groups is 1. The number of carbonyl (C=O) groups is 1. The van der Waals surface area contributed by atoms with Gasteiger partial charge in [-0.2, -0.15) is 0 Å². The van der Waals surface area contributed by atoms with E-state index in [2.05, 4.69) is 10.0 Å². The molecule has 0 saturated carbocycles. The molecule has 0 radical (unpaired) electrons. The molecule has 1 aliphatic heterocycles. The van der Waals surface area contributed by atoms with Gasteiger partial charge in [0, 0.05) is 34.5 Å². The molecule has 3 aromatic rings. The number of fused-ring (bicyclic) bond motifs is 1. The molecule has 0 bridgehead atoms. The largest absolute Gasteiger partial charge is 0.486 e. The van der Waals surface area contributed by atoms with Crippen LogP contribution in [0.1, 0.15) is 6.42 Å². The van der Waals surface area contributed by atoms with E-state index in [9.17, 15) is 17.6 Å². The van der Waals surface area contributed by atoms with Gasteiger partial charge < -0.3 is 14.8 Å². The van der Waals surface area contributed by atoms with Gasteiger partial charge in [0.2, 0.25) is 5.91 Å². The molecule has 0 fully saturated rings. The second-order valence-electron chi connectivity index (χ2n) is 7.09. The molecule has 10 heteroatoms. The molecule has 2 N–H and O–H groups in total. The van der Waals surface area contributed by atoms with Crippen LogP contribution in [0.25, 0.3) is 0 Å². The van der Waals surface area contributed by atoms with E-state index in [1.54, 1.807) is 42.5 Å². The fraction of sp³-hybridized carbons (Fsp3) is 0.174. The molecule has 0 atom stereocenters. The molecule has 7 nitrogen and oxygen atoms in total. The number of ether oxygens (including phenoxy) is 2. The summed E-state index contributed by atoms with van der Waals surface area (Å²) in [6.07, 6.45) is 0.278. The number of hydrogen-bond acceptors (Lipinski definition) is 6. The van der Waals surface area contributed by atoms with E-state index in [1.807, 2.05) is 0 Å². The van der Waals surface area contributed by atoms with Gasteiger partial charge in [0.15, 0.2) is 11.5 Å². The van der Waals surface area contributed by atoms with Crippen LogP contribution in [0.4, 0.5) is 15.8 Å². The van der Waals surface area contributed by atoms with Crippen LogP contribution in [0.3, 0.4) is 0 Å². The van der Waals surface area contributed by atoms with E-state index in [0.29, 0.717) is 41.8 Å². The number of benzene rings is 3. The third-order valence-electron chi connectivity index (χ3n) is 4.66. The summed E-state index contributed by atoms with van der Waals surface area (Å²) in [5.74, 6) is 0.977. The maximum atomic E-state index is 12.9. The summed E-state index contributed by atoms with van der Waals surface area (Å²) in [6.45, 7) is 0.787. The van der Waals surface area contributed by atoms with Gasteiger partial charge in [-0.25, -0.2) is 12.8 Å². The molecule has 0 aliphatic carbocycles. The predicted molar refractivity (Wildman–Crippen MR) is 125 cm³/mol. The lowest BCUT2D eigenvalue weighted by Crippen LogP contribution is -2.17. The average Bonchev–Trinajstić information content (AvgIpc) is 2.81. The van der Waals surface area contributed by atoms with Gasteiger partial charge in [0.05, 0.1) is 4.90 Å². The molecule has 172 valence electrons. The van der Waals surface area contributed by atoms with Crippen molar-refractivity contribution >= 4 is 39.1 Å². The SMILES string of the molecule is O=C(CCSc1ccc(F)cc1)Nc1ccc(NS(=O)(=O)c2ccc3c(c2)OCCO3)cc1. The van der Waals surface area contributed by atoms with Crippen molar-refractivity contribution in [1.29, 1.82) is 0 Å². The number of carbonyl (C=O) groups excluding carboxylic acids is 1. The lowest BCUT2D eigenvalue weighted by molar-refractivity contribution is -0.115. The minimum Gasteiger partial charge on any atom is -0.486 e. The van der Waals surface area contributed by atoms with Gasteiger partial charge in [0.1, 0.15) is 19.0 Å². The third kappa shape index (κ3) is 6.17. The highest BCUT2D eigenvalue weighted by Gasteiger charge is 2.19. The summed E-state index contributed by atoms with van der Waals surface area (Å²) in [5.41, 5.74) is 0.906. The van der Waals surface area contributed by atoms with Crippen molar-refractivity contribution in [2.24, 2.45) is 0 Å². The first-order valence-corrected chi connectivity index (χ1v) is 12.6. The van der Waals surface area contributed by atoms with Crippen molar-refractivity contribution in [3.8, 4) is 11.5 Å². The van der Waals surface area contributed by atoms with Crippen LogP contribution in [-0.2, 0) is 14.8 Å². The summed E-state index contributed by atoms with van der Waals surface area (Å²) in [5, 5.41) is 2.77. The number of amides is 1. The Morgan fingerprint density at radius 3 is 2.30 bits per heavy atom. The van der Waals surface area contributed by atoms with E-state index < -0.39 is 10.0 Å². The van der Waals surface area contributed by atoms with E-state index in [4.69, 9.17) is 9.47 Å². The van der Waals surface area contributed by atoms with Crippen LogP contribution in [0.15, 0.2) is 76.5 Å². The zero-order valence-electron chi connectivity index (χ0n) is 17.4. The van der Waals surface area contributed by atoms with Gasteiger partial charge in [0.25, 0.3) is 10.0 Å². The summed E-state index contributed by atoms with van der Waals surface area (Å²) in [4.78, 5) is 13.1. The summed E-state index contributed by atoms with van der Waals surface area (Å²) in [6, 6.07) is 16.9. The van der Waals surface area contributed by atoms with Crippen LogP contribution >= 0.6 is 11.8 Å². The minimum absolute atomic E-state index is 0.0581. The molecule has 33 heavy (non-hydrogen) atoms. The molecule has 1 heterocycles. The zero-order chi connectivity index (χ0) is 23.3. The first-order valence-electron chi connectivity index (χ1n) is 10.1. The van der Waals surface area contributed by atoms with Crippen LogP contribution in [-0.4, -0.2) is 33.3 Å². The van der Waals surface area contributed by atoms with E-state index in [0.717, 1.165) is 4.90 Å². The highest BCUT2D eigenvalue weighted by atomic mass is 32.2. The summed E-state index contributed by atoms with van der Waals surface area (Å²) < 4.78 is 51.7. The monoisotopic (exact) mass is 488 g/mol. The highest BCUT2D eigenvalue weighted by Crippen LogP contribution is 2.32. The first kappa shape index (κ1) is 22.9. The molecular weight excluding hydrogens is 467 g/mol. The minimum atomic E-state index is -3.82. The Bertz CT molecular complexity index is 1230. The van der Waals surface area contributed by atoms with Crippen LogP contribution in [0, 0.1) is 5.82 Å². The van der Waals surface area contributed by atoms with E-state index in [-0.39, 0.29) is 23.0 Å². The molecule has 1 amide bonds. The Morgan fingerprint density at radius 2 is 1.58 bits per heavy atom.